The van der Waals surface area contributed by atoms with Crippen molar-refractivity contribution in [3.63, 3.8) is 0 Å². The first-order chi connectivity index (χ1) is 12.7. The molecule has 5 nitrogen and oxygen atoms in total. The molecule has 0 atom stereocenters. The molecule has 2 aromatic rings. The van der Waals surface area contributed by atoms with Gasteiger partial charge in [0.05, 0.1) is 18.8 Å². The summed E-state index contributed by atoms with van der Waals surface area (Å²) in [6, 6.07) is 10.8. The molecule has 0 aliphatic heterocycles. The van der Waals surface area contributed by atoms with Gasteiger partial charge in [-0.05, 0) is 68.2 Å². The van der Waals surface area contributed by atoms with E-state index < -0.39 is 0 Å². The molecule has 1 saturated carbocycles. The van der Waals surface area contributed by atoms with Crippen molar-refractivity contribution in [2.24, 2.45) is 0 Å². The Morgan fingerprint density at radius 1 is 1.15 bits per heavy atom. The molecule has 0 saturated heterocycles. The van der Waals surface area contributed by atoms with E-state index in [1.165, 1.54) is 11.1 Å². The molecule has 2 aliphatic carbocycles. The molecular formula is C21H27N3O2. The lowest BCUT2D eigenvalue weighted by atomic mass is 9.91. The fourth-order valence-electron chi connectivity index (χ4n) is 4.21. The lowest BCUT2D eigenvalue weighted by Crippen LogP contribution is -2.36. The van der Waals surface area contributed by atoms with Crippen LogP contribution in [0, 0.1) is 0 Å². The summed E-state index contributed by atoms with van der Waals surface area (Å²) in [5.74, 6) is 0.890. The zero-order valence-corrected chi connectivity index (χ0v) is 15.4. The molecule has 0 bridgehead atoms. The average Bonchev–Trinajstić information content (AvgIpc) is 3.14. The van der Waals surface area contributed by atoms with Crippen LogP contribution in [0.3, 0.4) is 0 Å². The Morgan fingerprint density at radius 2 is 1.92 bits per heavy atom. The lowest BCUT2D eigenvalue weighted by Gasteiger charge is -2.30. The topological polar surface area (TPSA) is 56.1 Å². The first kappa shape index (κ1) is 17.3. The van der Waals surface area contributed by atoms with Gasteiger partial charge in [0.15, 0.2) is 0 Å². The number of fused-ring (bicyclic) bond motifs is 1. The molecule has 26 heavy (non-hydrogen) atoms. The molecule has 4 rings (SSSR count). The number of benzene rings is 1. The number of hydrogen-bond donors (Lipinski definition) is 1. The van der Waals surface area contributed by atoms with E-state index in [0.717, 1.165) is 62.9 Å². The van der Waals surface area contributed by atoms with Crippen LogP contribution >= 0.6 is 0 Å². The molecule has 1 aromatic heterocycles. The third kappa shape index (κ3) is 3.68. The van der Waals surface area contributed by atoms with E-state index in [1.54, 1.807) is 11.8 Å². The van der Waals surface area contributed by atoms with Gasteiger partial charge in [0.25, 0.3) is 5.56 Å². The molecule has 1 fully saturated rings. The minimum Gasteiger partial charge on any atom is -0.497 e. The van der Waals surface area contributed by atoms with Gasteiger partial charge < -0.3 is 10.1 Å². The van der Waals surface area contributed by atoms with Gasteiger partial charge in [-0.25, -0.2) is 4.68 Å². The summed E-state index contributed by atoms with van der Waals surface area (Å²) < 4.78 is 6.97. The zero-order chi connectivity index (χ0) is 17.9. The maximum atomic E-state index is 12.4. The van der Waals surface area contributed by atoms with Crippen LogP contribution in [0.4, 0.5) is 0 Å². The largest absolute Gasteiger partial charge is 0.497 e. The van der Waals surface area contributed by atoms with Crippen molar-refractivity contribution in [1.82, 2.24) is 15.1 Å². The third-order valence-electron chi connectivity index (χ3n) is 5.78. The van der Waals surface area contributed by atoms with Gasteiger partial charge in [0, 0.05) is 18.7 Å². The summed E-state index contributed by atoms with van der Waals surface area (Å²) in [5, 5.41) is 8.34. The molecule has 0 unspecified atom stereocenters. The van der Waals surface area contributed by atoms with Crippen molar-refractivity contribution in [2.75, 3.05) is 7.11 Å². The second-order valence-corrected chi connectivity index (χ2v) is 7.49. The van der Waals surface area contributed by atoms with Crippen molar-refractivity contribution >= 4 is 0 Å². The third-order valence-corrected chi connectivity index (χ3v) is 5.78. The van der Waals surface area contributed by atoms with Crippen LogP contribution in [-0.4, -0.2) is 22.9 Å². The van der Waals surface area contributed by atoms with Crippen molar-refractivity contribution < 1.29 is 4.74 Å². The Morgan fingerprint density at radius 3 is 2.65 bits per heavy atom. The molecule has 2 aliphatic rings. The van der Waals surface area contributed by atoms with E-state index in [1.807, 2.05) is 18.2 Å². The van der Waals surface area contributed by atoms with Crippen molar-refractivity contribution in [3.8, 4) is 5.75 Å². The number of aryl methyl sites for hydroxylation is 2. The Kier molecular flexibility index (Phi) is 5.07. The minimum atomic E-state index is 0.0836. The van der Waals surface area contributed by atoms with Crippen LogP contribution in [0.15, 0.2) is 35.1 Å². The first-order valence-corrected chi connectivity index (χ1v) is 9.71. The van der Waals surface area contributed by atoms with E-state index in [2.05, 4.69) is 22.5 Å². The highest BCUT2D eigenvalue weighted by Crippen LogP contribution is 2.28. The van der Waals surface area contributed by atoms with Crippen LogP contribution in [0.25, 0.3) is 0 Å². The Bertz CT molecular complexity index is 805. The molecule has 1 N–H and O–H groups in total. The summed E-state index contributed by atoms with van der Waals surface area (Å²) in [7, 11) is 1.69. The SMILES string of the molecule is COc1ccc(CNC2CCC(n3nc4c(cc3=O)CCC4)CC2)cc1. The van der Waals surface area contributed by atoms with Crippen molar-refractivity contribution in [2.45, 2.75) is 63.6 Å². The van der Waals surface area contributed by atoms with E-state index in [9.17, 15) is 4.79 Å². The van der Waals surface area contributed by atoms with Gasteiger partial charge in [0.1, 0.15) is 5.75 Å². The molecule has 5 heteroatoms. The number of methoxy groups -OCH3 is 1. The predicted octanol–water partition coefficient (Wildman–Crippen LogP) is 3.01. The number of nitrogens with one attached hydrogen (secondary N) is 1. The fourth-order valence-corrected chi connectivity index (χ4v) is 4.21. The number of hydrogen-bond acceptors (Lipinski definition) is 4. The van der Waals surface area contributed by atoms with Crippen LogP contribution in [0.2, 0.25) is 0 Å². The highest BCUT2D eigenvalue weighted by Gasteiger charge is 2.25. The van der Waals surface area contributed by atoms with Crippen LogP contribution in [0.1, 0.15) is 55.0 Å². The highest BCUT2D eigenvalue weighted by molar-refractivity contribution is 5.27. The smallest absolute Gasteiger partial charge is 0.267 e. The van der Waals surface area contributed by atoms with Gasteiger partial charge in [-0.2, -0.15) is 5.10 Å². The number of rotatable bonds is 5. The summed E-state index contributed by atoms with van der Waals surface area (Å²) in [4.78, 5) is 12.4. The van der Waals surface area contributed by atoms with E-state index in [0.29, 0.717) is 6.04 Å². The van der Waals surface area contributed by atoms with Gasteiger partial charge >= 0.3 is 0 Å². The van der Waals surface area contributed by atoms with E-state index >= 15 is 0 Å². The first-order valence-electron chi connectivity index (χ1n) is 9.71. The lowest BCUT2D eigenvalue weighted by molar-refractivity contribution is 0.267. The Labute approximate surface area is 154 Å². The number of ether oxygens (including phenoxy) is 1. The van der Waals surface area contributed by atoms with Gasteiger partial charge in [-0.15, -0.1) is 0 Å². The summed E-state index contributed by atoms with van der Waals surface area (Å²) in [6.45, 7) is 0.871. The minimum absolute atomic E-state index is 0.0836. The van der Waals surface area contributed by atoms with Gasteiger partial charge in [0.2, 0.25) is 0 Å². The molecule has 1 heterocycles. The number of aromatic nitrogens is 2. The Hall–Kier alpha value is -2.14. The van der Waals surface area contributed by atoms with E-state index in [-0.39, 0.29) is 11.6 Å². The second kappa shape index (κ2) is 7.62. The maximum Gasteiger partial charge on any atom is 0.267 e. The molecule has 0 radical (unpaired) electrons. The van der Waals surface area contributed by atoms with Crippen LogP contribution in [-0.2, 0) is 19.4 Å². The molecule has 1 aromatic carbocycles. The van der Waals surface area contributed by atoms with Gasteiger partial charge in [-0.3, -0.25) is 4.79 Å². The second-order valence-electron chi connectivity index (χ2n) is 7.49. The van der Waals surface area contributed by atoms with Crippen LogP contribution < -0.4 is 15.6 Å². The van der Waals surface area contributed by atoms with E-state index in [4.69, 9.17) is 4.74 Å². The molecule has 0 spiro atoms. The summed E-state index contributed by atoms with van der Waals surface area (Å²) >= 11 is 0. The van der Waals surface area contributed by atoms with Crippen molar-refractivity contribution in [1.29, 1.82) is 0 Å². The normalized spacial score (nSPS) is 22.2. The maximum absolute atomic E-state index is 12.4. The van der Waals surface area contributed by atoms with Crippen molar-refractivity contribution in [3.05, 3.63) is 57.5 Å². The molecule has 138 valence electrons. The molecule has 0 amide bonds. The monoisotopic (exact) mass is 353 g/mol. The zero-order valence-electron chi connectivity index (χ0n) is 15.4. The average molecular weight is 353 g/mol. The van der Waals surface area contributed by atoms with Gasteiger partial charge in [-0.1, -0.05) is 12.1 Å². The quantitative estimate of drug-likeness (QED) is 0.898. The summed E-state index contributed by atoms with van der Waals surface area (Å²) in [6.07, 6.45) is 7.39. The standard InChI is InChI=1S/C21H27N3O2/c1-26-19-11-5-15(6-12-19)14-22-17-7-9-18(10-8-17)24-21(25)13-16-3-2-4-20(16)23-24/h5-6,11-13,17-18,22H,2-4,7-10,14H2,1H3. The Balaban J connectivity index is 1.32. The predicted molar refractivity (Wildman–Crippen MR) is 102 cm³/mol. The highest BCUT2D eigenvalue weighted by atomic mass is 16.5. The fraction of sp³-hybridized carbons (Fsp3) is 0.524. The molecular weight excluding hydrogens is 326 g/mol. The summed E-state index contributed by atoms with van der Waals surface area (Å²) in [5.41, 5.74) is 3.66. The van der Waals surface area contributed by atoms with Crippen LogP contribution in [0.5, 0.6) is 5.75 Å². The number of nitrogens with zero attached hydrogens (tertiary/aromatic N) is 2.